The van der Waals surface area contributed by atoms with E-state index >= 15 is 0 Å². The standard InChI is InChI=1S/C19H37NO/c1-4-6-16-8-11-18(14-20,12-9-16)19(21)10-5-7-17(13-19)15(2)3/h15-17,21H,4-14,20H2,1-3H3. The van der Waals surface area contributed by atoms with E-state index in [2.05, 4.69) is 20.8 Å². The van der Waals surface area contributed by atoms with Crippen LogP contribution in [0.15, 0.2) is 0 Å². The highest BCUT2D eigenvalue weighted by Gasteiger charge is 2.52. The number of hydrogen-bond acceptors (Lipinski definition) is 2. The lowest BCUT2D eigenvalue weighted by Gasteiger charge is -2.54. The largest absolute Gasteiger partial charge is 0.389 e. The van der Waals surface area contributed by atoms with Gasteiger partial charge in [0.2, 0.25) is 0 Å². The molecule has 0 saturated heterocycles. The van der Waals surface area contributed by atoms with Gasteiger partial charge < -0.3 is 10.8 Å². The molecule has 21 heavy (non-hydrogen) atoms. The van der Waals surface area contributed by atoms with E-state index in [-0.39, 0.29) is 5.41 Å². The van der Waals surface area contributed by atoms with Crippen molar-refractivity contribution in [3.05, 3.63) is 0 Å². The lowest BCUT2D eigenvalue weighted by Crippen LogP contribution is -2.56. The zero-order valence-corrected chi connectivity index (χ0v) is 14.5. The molecule has 0 aromatic carbocycles. The molecule has 0 radical (unpaired) electrons. The lowest BCUT2D eigenvalue weighted by molar-refractivity contribution is -0.141. The third kappa shape index (κ3) is 3.47. The van der Waals surface area contributed by atoms with Gasteiger partial charge in [0.1, 0.15) is 0 Å². The number of aliphatic hydroxyl groups is 1. The predicted octanol–water partition coefficient (Wildman–Crippen LogP) is 4.50. The summed E-state index contributed by atoms with van der Waals surface area (Å²) in [6.07, 6.45) is 11.9. The minimum Gasteiger partial charge on any atom is -0.389 e. The Morgan fingerprint density at radius 3 is 2.33 bits per heavy atom. The maximum Gasteiger partial charge on any atom is 0.0718 e. The van der Waals surface area contributed by atoms with Crippen molar-refractivity contribution in [1.29, 1.82) is 0 Å². The van der Waals surface area contributed by atoms with Crippen molar-refractivity contribution in [2.75, 3.05) is 6.54 Å². The fourth-order valence-corrected chi connectivity index (χ4v) is 5.13. The van der Waals surface area contributed by atoms with E-state index in [0.717, 1.165) is 31.6 Å². The Hall–Kier alpha value is -0.0800. The molecule has 0 aromatic rings. The van der Waals surface area contributed by atoms with E-state index in [4.69, 9.17) is 5.73 Å². The second kappa shape index (κ2) is 7.00. The van der Waals surface area contributed by atoms with Gasteiger partial charge in [-0.05, 0) is 62.7 Å². The summed E-state index contributed by atoms with van der Waals surface area (Å²) in [7, 11) is 0. The molecule has 0 bridgehead atoms. The summed E-state index contributed by atoms with van der Waals surface area (Å²) in [5, 5.41) is 11.5. The van der Waals surface area contributed by atoms with Gasteiger partial charge in [-0.15, -0.1) is 0 Å². The van der Waals surface area contributed by atoms with Crippen molar-refractivity contribution >= 4 is 0 Å². The van der Waals surface area contributed by atoms with Gasteiger partial charge in [0, 0.05) is 12.0 Å². The van der Waals surface area contributed by atoms with Gasteiger partial charge >= 0.3 is 0 Å². The van der Waals surface area contributed by atoms with Crippen molar-refractivity contribution in [2.45, 2.75) is 90.6 Å². The van der Waals surface area contributed by atoms with E-state index in [1.165, 1.54) is 38.5 Å². The van der Waals surface area contributed by atoms with E-state index in [1.807, 2.05) is 0 Å². The topological polar surface area (TPSA) is 46.2 Å². The van der Waals surface area contributed by atoms with Gasteiger partial charge in [0.25, 0.3) is 0 Å². The van der Waals surface area contributed by atoms with E-state index < -0.39 is 5.60 Å². The molecule has 2 heteroatoms. The molecule has 2 nitrogen and oxygen atoms in total. The molecular formula is C19H37NO. The van der Waals surface area contributed by atoms with E-state index in [1.54, 1.807) is 0 Å². The molecule has 2 saturated carbocycles. The Kier molecular flexibility index (Phi) is 5.76. The summed E-state index contributed by atoms with van der Waals surface area (Å²) in [4.78, 5) is 0. The molecular weight excluding hydrogens is 258 g/mol. The van der Waals surface area contributed by atoms with E-state index in [9.17, 15) is 5.11 Å². The third-order valence-electron chi connectivity index (χ3n) is 6.85. The molecule has 2 unspecified atom stereocenters. The molecule has 2 aliphatic carbocycles. The van der Waals surface area contributed by atoms with Crippen molar-refractivity contribution in [1.82, 2.24) is 0 Å². The van der Waals surface area contributed by atoms with Crippen LogP contribution < -0.4 is 5.73 Å². The Labute approximate surface area is 131 Å². The molecule has 2 atom stereocenters. The fourth-order valence-electron chi connectivity index (χ4n) is 5.13. The second-order valence-corrected chi connectivity index (χ2v) is 8.35. The summed E-state index contributed by atoms with van der Waals surface area (Å²) >= 11 is 0. The van der Waals surface area contributed by atoms with Crippen molar-refractivity contribution in [3.8, 4) is 0 Å². The van der Waals surface area contributed by atoms with Crippen LogP contribution in [0.5, 0.6) is 0 Å². The maximum absolute atomic E-state index is 11.5. The molecule has 0 amide bonds. The fraction of sp³-hybridized carbons (Fsp3) is 1.00. The van der Waals surface area contributed by atoms with Crippen molar-refractivity contribution in [3.63, 3.8) is 0 Å². The highest BCUT2D eigenvalue weighted by molar-refractivity contribution is 5.04. The summed E-state index contributed by atoms with van der Waals surface area (Å²) in [6.45, 7) is 7.58. The van der Waals surface area contributed by atoms with Crippen LogP contribution in [-0.4, -0.2) is 17.3 Å². The first-order valence-corrected chi connectivity index (χ1v) is 9.39. The Morgan fingerprint density at radius 2 is 1.81 bits per heavy atom. The van der Waals surface area contributed by atoms with Crippen molar-refractivity contribution in [2.24, 2.45) is 28.9 Å². The molecule has 0 heterocycles. The highest BCUT2D eigenvalue weighted by atomic mass is 16.3. The molecule has 0 spiro atoms. The van der Waals surface area contributed by atoms with Gasteiger partial charge in [-0.3, -0.25) is 0 Å². The average molecular weight is 296 g/mol. The number of hydrogen-bond donors (Lipinski definition) is 2. The Bertz CT molecular complexity index is 320. The summed E-state index contributed by atoms with van der Waals surface area (Å²) in [5.41, 5.74) is 5.75. The van der Waals surface area contributed by atoms with Gasteiger partial charge in [0.05, 0.1) is 5.60 Å². The molecule has 0 aliphatic heterocycles. The smallest absolute Gasteiger partial charge is 0.0718 e. The summed E-state index contributed by atoms with van der Waals surface area (Å²) < 4.78 is 0. The first-order valence-electron chi connectivity index (χ1n) is 9.39. The molecule has 2 aliphatic rings. The normalized spacial score (nSPS) is 41.4. The minimum atomic E-state index is -0.494. The first-order chi connectivity index (χ1) is 9.96. The zero-order chi connectivity index (χ0) is 15.5. The minimum absolute atomic E-state index is 0.00476. The van der Waals surface area contributed by atoms with Crippen LogP contribution in [0.1, 0.15) is 85.0 Å². The van der Waals surface area contributed by atoms with Gasteiger partial charge in [-0.1, -0.05) is 40.0 Å². The Morgan fingerprint density at radius 1 is 1.14 bits per heavy atom. The van der Waals surface area contributed by atoms with Crippen LogP contribution >= 0.6 is 0 Å². The van der Waals surface area contributed by atoms with Crippen LogP contribution in [0, 0.1) is 23.2 Å². The quantitative estimate of drug-likeness (QED) is 0.784. The van der Waals surface area contributed by atoms with Crippen molar-refractivity contribution < 1.29 is 5.11 Å². The van der Waals surface area contributed by atoms with Crippen LogP contribution in [0.25, 0.3) is 0 Å². The number of nitrogens with two attached hydrogens (primary N) is 1. The molecule has 2 rings (SSSR count). The van der Waals surface area contributed by atoms with Crippen LogP contribution in [0.3, 0.4) is 0 Å². The SMILES string of the molecule is CCCC1CCC(CN)(C2(O)CCCC(C(C)C)C2)CC1. The van der Waals surface area contributed by atoms with Gasteiger partial charge in [0.15, 0.2) is 0 Å². The monoisotopic (exact) mass is 295 g/mol. The van der Waals surface area contributed by atoms with E-state index in [0.29, 0.717) is 18.4 Å². The maximum atomic E-state index is 11.5. The average Bonchev–Trinajstić information content (AvgIpc) is 2.48. The van der Waals surface area contributed by atoms with Gasteiger partial charge in [-0.25, -0.2) is 0 Å². The van der Waals surface area contributed by atoms with Crippen LogP contribution in [0.4, 0.5) is 0 Å². The van der Waals surface area contributed by atoms with Gasteiger partial charge in [-0.2, -0.15) is 0 Å². The second-order valence-electron chi connectivity index (χ2n) is 8.35. The first kappa shape index (κ1) is 17.3. The zero-order valence-electron chi connectivity index (χ0n) is 14.5. The molecule has 2 fully saturated rings. The molecule has 124 valence electrons. The summed E-state index contributed by atoms with van der Waals surface area (Å²) in [5.74, 6) is 2.24. The highest BCUT2D eigenvalue weighted by Crippen LogP contribution is 2.53. The summed E-state index contributed by atoms with van der Waals surface area (Å²) in [6, 6.07) is 0. The third-order valence-corrected chi connectivity index (χ3v) is 6.85. The Balaban J connectivity index is 2.09. The molecule has 3 N–H and O–H groups in total. The van der Waals surface area contributed by atoms with Crippen LogP contribution in [-0.2, 0) is 0 Å². The molecule has 0 aromatic heterocycles. The number of rotatable bonds is 5. The predicted molar refractivity (Wildman–Crippen MR) is 90.1 cm³/mol. The van der Waals surface area contributed by atoms with Crippen LogP contribution in [0.2, 0.25) is 0 Å². The lowest BCUT2D eigenvalue weighted by atomic mass is 9.55.